The number of imidazole rings is 2. The van der Waals surface area contributed by atoms with Crippen molar-refractivity contribution in [1.29, 1.82) is 10.5 Å². The lowest BCUT2D eigenvalue weighted by atomic mass is 10.1. The molecule has 0 spiro atoms. The molecule has 0 radical (unpaired) electrons. The second-order valence-electron chi connectivity index (χ2n) is 22.7. The number of nitrogens with zero attached hydrogens (tertiary/aromatic N) is 10. The summed E-state index contributed by atoms with van der Waals surface area (Å²) in [5.41, 5.74) is 1.52. The molecule has 4 aromatic heterocycles. The van der Waals surface area contributed by atoms with Gasteiger partial charge in [0.15, 0.2) is 63.1 Å². The number of phosphoric ester groups is 2. The zero-order chi connectivity index (χ0) is 58.8. The topological polar surface area (TPSA) is 319 Å². The monoisotopic (exact) mass is 1200 g/mol. The number of ether oxygens (including phenoxy) is 2. The average molecular weight is 1200 g/mol. The van der Waals surface area contributed by atoms with Crippen LogP contribution >= 0.6 is 15.6 Å². The smallest absolute Gasteiger partial charge is 0.407 e. The fraction of sp³-hybridized carbons (Fsp3) is 0.500. The largest absolute Gasteiger partial charge is 0.475 e. The maximum atomic E-state index is 15.6. The summed E-state index contributed by atoms with van der Waals surface area (Å²) in [6, 6.07) is 21.1. The van der Waals surface area contributed by atoms with Gasteiger partial charge in [0, 0.05) is 11.1 Å². The van der Waals surface area contributed by atoms with Crippen LogP contribution in [0.15, 0.2) is 86.0 Å². The first-order chi connectivity index (χ1) is 38.8. The van der Waals surface area contributed by atoms with E-state index in [1.807, 2.05) is 79.9 Å². The highest BCUT2D eigenvalue weighted by atomic mass is 31.2. The Bertz CT molecular complexity index is 3240. The van der Waals surface area contributed by atoms with Crippen molar-refractivity contribution in [3.05, 3.63) is 97.1 Å². The van der Waals surface area contributed by atoms with E-state index >= 15 is 9.13 Å². The highest BCUT2D eigenvalue weighted by Gasteiger charge is 2.59. The number of carbonyl (C=O) groups is 2. The van der Waals surface area contributed by atoms with E-state index in [9.17, 15) is 20.1 Å². The number of aromatic nitrogens is 8. The van der Waals surface area contributed by atoms with Crippen LogP contribution in [0.1, 0.15) is 87.6 Å². The number of fused-ring (bicyclic) bond motifs is 4. The van der Waals surface area contributed by atoms with E-state index in [1.165, 1.54) is 25.3 Å². The molecule has 3 saturated heterocycles. The van der Waals surface area contributed by atoms with Crippen molar-refractivity contribution in [3.8, 4) is 12.1 Å². The molecule has 0 bridgehead atoms. The Morgan fingerprint density at radius 2 is 1.00 bits per heavy atom. The Hall–Kier alpha value is -6.05. The quantitative estimate of drug-likeness (QED) is 0.0517. The van der Waals surface area contributed by atoms with Gasteiger partial charge >= 0.3 is 15.6 Å². The van der Waals surface area contributed by atoms with Crippen molar-refractivity contribution >= 4 is 78.1 Å². The molecule has 6 aromatic rings. The summed E-state index contributed by atoms with van der Waals surface area (Å²) in [5.74, 6) is -0.703. The maximum absolute atomic E-state index is 15.6. The number of nitrogens with one attached hydrogen (secondary N) is 2. The van der Waals surface area contributed by atoms with Gasteiger partial charge in [-0.15, -0.1) is 0 Å². The molecule has 82 heavy (non-hydrogen) atoms. The number of hydrogen-bond donors (Lipinski definition) is 2. The van der Waals surface area contributed by atoms with Gasteiger partial charge in [-0.2, -0.15) is 10.5 Å². The molecule has 3 fully saturated rings. The van der Waals surface area contributed by atoms with Crippen LogP contribution in [0.5, 0.6) is 0 Å². The van der Waals surface area contributed by atoms with Crippen molar-refractivity contribution in [1.82, 2.24) is 39.0 Å². The van der Waals surface area contributed by atoms with Crippen molar-refractivity contribution in [3.63, 3.8) is 0 Å². The number of rotatable bonds is 16. The first-order valence-electron chi connectivity index (χ1n) is 26.5. The van der Waals surface area contributed by atoms with Crippen LogP contribution < -0.4 is 10.6 Å². The molecule has 9 rings (SSSR count). The SMILES string of the molecule is CC(C)(C)[Si](C)(C)O[C@@H]1[C@@H]2OP(=O)(OCCC#N)OC[C@H]3O[C@@H](n4cnc5c(NC(=O)c6ccccc6)ncnc54)[C@H](O[Si](C)(C)C(C)(C)C)[C@@H]3OP(=O)(OCCC#N)OC[C@H]2O[C@H]1n1cnc2c(NC(=O)c3ccccc3)ncnc21. The summed E-state index contributed by atoms with van der Waals surface area (Å²) in [6.45, 7) is 18.0. The Morgan fingerprint density at radius 1 is 0.622 bits per heavy atom. The lowest BCUT2D eigenvalue weighted by Crippen LogP contribution is -2.50. The summed E-state index contributed by atoms with van der Waals surface area (Å²) >= 11 is 0. The Labute approximate surface area is 476 Å². The van der Waals surface area contributed by atoms with Crippen molar-refractivity contribution in [2.24, 2.45) is 0 Å². The number of anilines is 2. The number of phosphoric acid groups is 2. The fourth-order valence-corrected chi connectivity index (χ4v) is 14.1. The van der Waals surface area contributed by atoms with E-state index in [2.05, 4.69) is 40.5 Å². The molecule has 2 aromatic carbocycles. The summed E-state index contributed by atoms with van der Waals surface area (Å²) in [6.07, 6.45) is -5.61. The van der Waals surface area contributed by atoms with Gasteiger partial charge < -0.3 is 29.0 Å². The number of carbonyl (C=O) groups excluding carboxylic acids is 2. The van der Waals surface area contributed by atoms with Crippen molar-refractivity contribution < 1.29 is 64.2 Å². The third kappa shape index (κ3) is 13.0. The predicted octanol–water partition coefficient (Wildman–Crippen LogP) is 9.64. The number of hydrogen-bond acceptors (Lipinski definition) is 22. The van der Waals surface area contributed by atoms with Gasteiger partial charge in [0.1, 0.15) is 49.3 Å². The Kier molecular flexibility index (Phi) is 17.9. The molecule has 436 valence electrons. The second kappa shape index (κ2) is 24.3. The lowest BCUT2D eigenvalue weighted by Gasteiger charge is -2.41. The van der Waals surface area contributed by atoms with Crippen LogP contribution in [0.25, 0.3) is 22.3 Å². The molecular formula is C52H66N12O14P2Si2. The Balaban J connectivity index is 1.13. The molecule has 3 aliphatic rings. The molecule has 0 saturated carbocycles. The number of nitriles is 2. The lowest BCUT2D eigenvalue weighted by molar-refractivity contribution is -0.0703. The van der Waals surface area contributed by atoms with Crippen LogP contribution in [-0.2, 0) is 54.6 Å². The van der Waals surface area contributed by atoms with E-state index in [0.717, 1.165) is 0 Å². The molecule has 10 atom stereocenters. The minimum atomic E-state index is -4.90. The third-order valence-electron chi connectivity index (χ3n) is 15.1. The number of benzene rings is 2. The highest BCUT2D eigenvalue weighted by molar-refractivity contribution is 7.48. The van der Waals surface area contributed by atoms with Gasteiger partial charge in [0.05, 0.1) is 64.1 Å². The summed E-state index contributed by atoms with van der Waals surface area (Å²) < 4.78 is 100. The van der Waals surface area contributed by atoms with Crippen LogP contribution in [0.2, 0.25) is 36.3 Å². The zero-order valence-corrected chi connectivity index (χ0v) is 50.8. The molecule has 7 heterocycles. The maximum Gasteiger partial charge on any atom is 0.475 e. The first-order valence-corrected chi connectivity index (χ1v) is 35.2. The molecule has 2 amide bonds. The highest BCUT2D eigenvalue weighted by Crippen LogP contribution is 2.59. The van der Waals surface area contributed by atoms with Crippen molar-refractivity contribution in [2.45, 2.75) is 140 Å². The van der Waals surface area contributed by atoms with Gasteiger partial charge in [0.2, 0.25) is 0 Å². The van der Waals surface area contributed by atoms with E-state index in [-0.39, 0.29) is 46.8 Å². The number of amides is 2. The summed E-state index contributed by atoms with van der Waals surface area (Å²) in [4.78, 5) is 53.8. The van der Waals surface area contributed by atoms with Crippen LogP contribution in [0, 0.1) is 22.7 Å². The van der Waals surface area contributed by atoms with Crippen LogP contribution in [0.3, 0.4) is 0 Å². The van der Waals surface area contributed by atoms with E-state index in [0.29, 0.717) is 11.1 Å². The minimum Gasteiger partial charge on any atom is -0.407 e. The summed E-state index contributed by atoms with van der Waals surface area (Å²) in [5, 5.41) is 24.1. The molecule has 0 aliphatic carbocycles. The third-order valence-corrected chi connectivity index (χ3v) is 26.9. The van der Waals surface area contributed by atoms with Crippen LogP contribution in [-0.4, -0.2) is 131 Å². The average Bonchev–Trinajstić information content (AvgIpc) is 4.35. The molecule has 2 N–H and O–H groups in total. The molecule has 30 heteroatoms. The van der Waals surface area contributed by atoms with Gasteiger partial charge in [-0.05, 0) is 60.5 Å². The van der Waals surface area contributed by atoms with E-state index in [4.69, 9.17) is 45.5 Å². The zero-order valence-electron chi connectivity index (χ0n) is 47.0. The molecule has 2 unspecified atom stereocenters. The predicted molar refractivity (Wildman–Crippen MR) is 301 cm³/mol. The van der Waals surface area contributed by atoms with Gasteiger partial charge in [-0.1, -0.05) is 77.9 Å². The van der Waals surface area contributed by atoms with E-state index in [1.54, 1.807) is 69.8 Å². The first kappa shape index (κ1) is 60.5. The Morgan fingerprint density at radius 3 is 1.35 bits per heavy atom. The van der Waals surface area contributed by atoms with Gasteiger partial charge in [-0.25, -0.2) is 39.0 Å². The van der Waals surface area contributed by atoms with Crippen LogP contribution in [0.4, 0.5) is 11.6 Å². The van der Waals surface area contributed by atoms with Crippen molar-refractivity contribution in [2.75, 3.05) is 37.1 Å². The fourth-order valence-electron chi connectivity index (χ4n) is 8.70. The van der Waals surface area contributed by atoms with E-state index < -0.39 is 130 Å². The van der Waals surface area contributed by atoms with Gasteiger partial charge in [-0.3, -0.25) is 45.9 Å². The second-order valence-corrected chi connectivity index (χ2v) is 35.4. The normalized spacial score (nSPS) is 26.4. The molecule has 3 aliphatic heterocycles. The standard InChI is InChI=1S/C52H66N12O14P2Si2/c1-51(2,3)81(7,8)77-41-39-35(73-49(41)63-31-59-37-43(55-29-57-45(37)63)61-47(65)33-19-13-11-14-20-33)27-71-80(68,70-26-18-24-54)76-40-36(28-72-79(67,75-39)69-25-17-23-53)74-50(42(40)78-82(9,10)52(4,5)6)64-32-60-38-44(56-30-58-46(38)64)62-48(66)34-21-15-12-16-22-34/h11-16,19-22,29-32,35-36,39-42,49-50H,17-18,25-28H2,1-10H3,(H,55,57,61,65)(H,56,58,62,66)/t35-,36-,39-,40-,41-,42-,49-,50-,79?,80?/m1/s1. The minimum absolute atomic E-state index is 0.0948. The summed E-state index contributed by atoms with van der Waals surface area (Å²) in [7, 11) is -15.6. The molecule has 26 nitrogen and oxygen atoms in total. The molecular weight excluding hydrogens is 1130 g/mol. The van der Waals surface area contributed by atoms with Gasteiger partial charge in [0.25, 0.3) is 11.8 Å².